The van der Waals surface area contributed by atoms with Gasteiger partial charge in [-0.15, -0.1) is 0 Å². The van der Waals surface area contributed by atoms with E-state index in [9.17, 15) is 20.2 Å². The molecular formula is C38H34N6O6S2. The van der Waals surface area contributed by atoms with Gasteiger partial charge in [0, 0.05) is 35.4 Å². The third-order valence-corrected chi connectivity index (χ3v) is 9.81. The molecule has 52 heavy (non-hydrogen) atoms. The van der Waals surface area contributed by atoms with E-state index < -0.39 is 9.85 Å². The number of rotatable bonds is 14. The van der Waals surface area contributed by atoms with E-state index in [0.717, 1.165) is 37.2 Å². The van der Waals surface area contributed by atoms with Crippen LogP contribution in [0.25, 0.3) is 0 Å². The third-order valence-electron chi connectivity index (χ3n) is 7.77. The molecule has 0 unspecified atom stereocenters. The van der Waals surface area contributed by atoms with Crippen molar-refractivity contribution in [3.05, 3.63) is 138 Å². The highest BCUT2D eigenvalue weighted by atomic mass is 32.2. The Morgan fingerprint density at radius 2 is 0.942 bits per heavy atom. The first kappa shape index (κ1) is 36.2. The van der Waals surface area contributed by atoms with Gasteiger partial charge in [0.15, 0.2) is 0 Å². The third kappa shape index (κ3) is 9.00. The summed E-state index contributed by atoms with van der Waals surface area (Å²) in [5.41, 5.74) is 3.71. The monoisotopic (exact) mass is 734 g/mol. The molecule has 2 aliphatic heterocycles. The van der Waals surface area contributed by atoms with E-state index in [4.69, 9.17) is 29.4 Å². The zero-order chi connectivity index (χ0) is 36.5. The average Bonchev–Trinajstić information content (AvgIpc) is 3.78. The summed E-state index contributed by atoms with van der Waals surface area (Å²) in [7, 11) is 0. The molecule has 0 radical (unpaired) electrons. The normalized spacial score (nSPS) is 17.0. The molecule has 6 rings (SSSR count). The van der Waals surface area contributed by atoms with Crippen molar-refractivity contribution in [3.8, 4) is 11.5 Å². The van der Waals surface area contributed by atoms with E-state index in [1.54, 1.807) is 24.3 Å². The van der Waals surface area contributed by atoms with Crippen LogP contribution < -0.4 is 9.47 Å². The molecular weight excluding hydrogens is 701 g/mol. The molecule has 4 aromatic carbocycles. The van der Waals surface area contributed by atoms with Crippen LogP contribution in [0.3, 0.4) is 0 Å². The number of benzene rings is 4. The second-order valence-corrected chi connectivity index (χ2v) is 13.5. The van der Waals surface area contributed by atoms with Gasteiger partial charge in [-0.3, -0.25) is 20.2 Å². The number of nitro benzene ring substituents is 2. The van der Waals surface area contributed by atoms with E-state index in [-0.39, 0.29) is 11.4 Å². The number of unbranched alkanes of at least 4 members (excludes halogenated alkanes) is 2. The lowest BCUT2D eigenvalue weighted by Crippen LogP contribution is -2.07. The van der Waals surface area contributed by atoms with Crippen molar-refractivity contribution in [2.75, 3.05) is 13.2 Å². The van der Waals surface area contributed by atoms with Gasteiger partial charge in [0.2, 0.25) is 0 Å². The number of thioether (sulfide) groups is 2. The Bertz CT molecular complexity index is 1940. The minimum atomic E-state index is -0.445. The van der Waals surface area contributed by atoms with Crippen LogP contribution >= 0.6 is 23.5 Å². The molecule has 0 saturated heterocycles. The number of ether oxygens (including phenoxy) is 2. The van der Waals surface area contributed by atoms with E-state index in [1.165, 1.54) is 47.8 Å². The maximum absolute atomic E-state index is 11.4. The Hall–Kier alpha value is -5.60. The topological polar surface area (TPSA) is 154 Å². The van der Waals surface area contributed by atoms with Crippen LogP contribution in [0.1, 0.15) is 50.7 Å². The summed E-state index contributed by atoms with van der Waals surface area (Å²) in [6.07, 6.45) is 4.01. The summed E-state index contributed by atoms with van der Waals surface area (Å²) in [6, 6.07) is 27.3. The van der Waals surface area contributed by atoms with Crippen LogP contribution in [0.15, 0.2) is 127 Å². The lowest BCUT2D eigenvalue weighted by atomic mass is 10.1. The Labute approximate surface area is 308 Å². The maximum Gasteiger partial charge on any atom is 0.269 e. The van der Waals surface area contributed by atoms with Gasteiger partial charge >= 0.3 is 0 Å². The number of hydrogen-bond donors (Lipinski definition) is 0. The number of nitro groups is 2. The molecule has 4 aromatic rings. The predicted octanol–water partition coefficient (Wildman–Crippen LogP) is 10.2. The van der Waals surface area contributed by atoms with Crippen LogP contribution in [-0.2, 0) is 0 Å². The summed E-state index contributed by atoms with van der Waals surface area (Å²) in [6.45, 7) is 5.49. The number of aliphatic imine (C=N–C) groups is 4. The van der Waals surface area contributed by atoms with Gasteiger partial charge in [-0.1, -0.05) is 26.7 Å². The van der Waals surface area contributed by atoms with Crippen molar-refractivity contribution in [3.63, 3.8) is 0 Å². The van der Waals surface area contributed by atoms with Gasteiger partial charge in [-0.2, -0.15) is 0 Å². The Morgan fingerprint density at radius 1 is 0.577 bits per heavy atom. The van der Waals surface area contributed by atoms with Crippen LogP contribution in [0.5, 0.6) is 11.5 Å². The minimum Gasteiger partial charge on any atom is -0.494 e. The molecule has 0 fully saturated rings. The van der Waals surface area contributed by atoms with Crippen molar-refractivity contribution in [1.29, 1.82) is 0 Å². The molecule has 2 heterocycles. The first-order chi connectivity index (χ1) is 25.3. The lowest BCUT2D eigenvalue weighted by molar-refractivity contribution is -0.385. The van der Waals surface area contributed by atoms with E-state index in [1.807, 2.05) is 48.5 Å². The first-order valence-corrected chi connectivity index (χ1v) is 18.4. The van der Waals surface area contributed by atoms with Crippen LogP contribution in [-0.4, -0.2) is 44.6 Å². The van der Waals surface area contributed by atoms with E-state index in [2.05, 4.69) is 13.8 Å². The molecule has 14 heteroatoms. The van der Waals surface area contributed by atoms with Crippen molar-refractivity contribution in [1.82, 2.24) is 0 Å². The molecule has 0 aliphatic carbocycles. The minimum absolute atomic E-state index is 0.0316. The molecule has 0 spiro atoms. The lowest BCUT2D eigenvalue weighted by Gasteiger charge is -2.06. The zero-order valence-electron chi connectivity index (χ0n) is 28.4. The Morgan fingerprint density at radius 3 is 1.27 bits per heavy atom. The van der Waals surface area contributed by atoms with Crippen molar-refractivity contribution >= 4 is 67.8 Å². The second kappa shape index (κ2) is 17.1. The van der Waals surface area contributed by atoms with Gasteiger partial charge in [0.1, 0.15) is 43.1 Å². The van der Waals surface area contributed by atoms with Crippen molar-refractivity contribution < 1.29 is 19.3 Å². The van der Waals surface area contributed by atoms with Crippen LogP contribution in [0.2, 0.25) is 0 Å². The maximum atomic E-state index is 11.4. The van der Waals surface area contributed by atoms with Crippen LogP contribution in [0.4, 0.5) is 22.7 Å². The molecule has 0 bridgehead atoms. The Balaban J connectivity index is 1.38. The summed E-state index contributed by atoms with van der Waals surface area (Å²) in [5, 5.41) is 25.1. The Kier molecular flexibility index (Phi) is 11.9. The molecule has 264 valence electrons. The summed E-state index contributed by atoms with van der Waals surface area (Å²) < 4.78 is 11.6. The molecule has 0 saturated carbocycles. The van der Waals surface area contributed by atoms with Crippen molar-refractivity contribution in [2.24, 2.45) is 20.0 Å². The molecule has 0 amide bonds. The zero-order valence-corrected chi connectivity index (χ0v) is 30.1. The fourth-order valence-electron chi connectivity index (χ4n) is 4.95. The molecule has 0 aromatic heterocycles. The molecule has 12 nitrogen and oxygen atoms in total. The summed E-state index contributed by atoms with van der Waals surface area (Å²) >= 11 is 2.67. The number of hydrogen-bond acceptors (Lipinski definition) is 12. The second-order valence-electron chi connectivity index (χ2n) is 11.6. The smallest absolute Gasteiger partial charge is 0.269 e. The quantitative estimate of drug-likeness (QED) is 0.0704. The van der Waals surface area contributed by atoms with Gasteiger partial charge in [-0.05, 0) is 109 Å². The average molecular weight is 735 g/mol. The predicted molar refractivity (Wildman–Crippen MR) is 209 cm³/mol. The standard InChI is InChI=1S/C38H34N6O6S2/c1-3-5-23-49-31-19-11-27(12-20-31)39-35-33(25-7-15-29(16-8-25)43(45)46)41-37(51-35)38-42-34(26-9-17-30(18-10-26)44(47)48)36(52-38)40-28-13-21-32(22-14-28)50-24-6-4-2/h7-22H,3-6,23-24H2,1-2H3/b38-37+,39-35?,40-36?. The fraction of sp³-hybridized carbons (Fsp3) is 0.211. The van der Waals surface area contributed by atoms with E-state index in [0.29, 0.717) is 67.3 Å². The van der Waals surface area contributed by atoms with Gasteiger partial charge < -0.3 is 9.47 Å². The van der Waals surface area contributed by atoms with Crippen LogP contribution in [0, 0.1) is 20.2 Å². The SMILES string of the molecule is CCCCOc1ccc(N=C2S/C(=C3\N=C(c4ccc([N+](=O)[O-])cc4)C(=Nc4ccc(OCCCC)cc4)S3)N=C2c2ccc([N+](=O)[O-])cc2)cc1. The highest BCUT2D eigenvalue weighted by Gasteiger charge is 2.31. The largest absolute Gasteiger partial charge is 0.494 e. The molecule has 2 aliphatic rings. The number of nitrogens with zero attached hydrogens (tertiary/aromatic N) is 6. The highest BCUT2D eigenvalue weighted by molar-refractivity contribution is 8.22. The van der Waals surface area contributed by atoms with Gasteiger partial charge in [-0.25, -0.2) is 20.0 Å². The first-order valence-electron chi connectivity index (χ1n) is 16.7. The summed E-state index contributed by atoms with van der Waals surface area (Å²) in [4.78, 5) is 41.6. The molecule has 0 atom stereocenters. The van der Waals surface area contributed by atoms with Gasteiger partial charge in [0.25, 0.3) is 11.4 Å². The fourth-order valence-corrected chi connectivity index (χ4v) is 6.93. The highest BCUT2D eigenvalue weighted by Crippen LogP contribution is 2.42. The van der Waals surface area contributed by atoms with Gasteiger partial charge in [0.05, 0.1) is 34.4 Å². The number of non-ortho nitro benzene ring substituents is 2. The van der Waals surface area contributed by atoms with E-state index >= 15 is 0 Å². The summed E-state index contributed by atoms with van der Waals surface area (Å²) in [5.74, 6) is 1.51. The molecule has 0 N–H and O–H groups in total. The van der Waals surface area contributed by atoms with Crippen molar-refractivity contribution in [2.45, 2.75) is 39.5 Å².